The first-order valence-corrected chi connectivity index (χ1v) is 23.5. The lowest BCUT2D eigenvalue weighted by Gasteiger charge is -2.51. The largest absolute Gasteiger partial charge is 0.458 e. The monoisotopic (exact) mass is 891 g/mol. The van der Waals surface area contributed by atoms with Crippen molar-refractivity contribution in [2.45, 2.75) is 77.4 Å². The van der Waals surface area contributed by atoms with Crippen molar-refractivity contribution in [2.75, 3.05) is 54.4 Å². The molecule has 4 bridgehead atoms. The van der Waals surface area contributed by atoms with Crippen LogP contribution in [0, 0.1) is 61.2 Å². The fourth-order valence-electron chi connectivity index (χ4n) is 11.9. The maximum absolute atomic E-state index is 14.9. The number of amides is 4. The number of fused-ring (bicyclic) bond motifs is 8. The second kappa shape index (κ2) is 19.5. The molecule has 6 aliphatic rings. The average molecular weight is 892 g/mol. The molecule has 2 aromatic heterocycles. The highest BCUT2D eigenvalue weighted by Gasteiger charge is 2.58. The molecule has 0 spiro atoms. The van der Waals surface area contributed by atoms with Crippen LogP contribution in [0.3, 0.4) is 0 Å². The van der Waals surface area contributed by atoms with Gasteiger partial charge in [-0.05, 0) is 142 Å². The first-order valence-electron chi connectivity index (χ1n) is 23.5. The molecule has 0 saturated heterocycles. The number of carbonyl (C=O) groups is 6. The fraction of sp³-hybridized carbons (Fsp3) is 0.560. The van der Waals surface area contributed by atoms with Gasteiger partial charge in [0.05, 0.1) is 34.8 Å². The molecule has 10 rings (SSSR count). The summed E-state index contributed by atoms with van der Waals surface area (Å²) in [5.41, 5.74) is 4.27. The molecule has 10 atom stereocenters. The van der Waals surface area contributed by atoms with Gasteiger partial charge in [-0.25, -0.2) is 9.59 Å². The zero-order valence-electron chi connectivity index (χ0n) is 38.5. The van der Waals surface area contributed by atoms with Crippen LogP contribution in [0.2, 0.25) is 0 Å². The standard InChI is InChI=1S/C50H65N7O8/c1-27-11-7-13-35-39(27)33(25-53-35)49(62)64-37-23-29-15-17-31(37)43(41(29)45(58)51-19-9-21-56(3)4)47(60)55-48(61)44-32-18-16-30(42(44)46(59)52-20-10-22-57(5)6)24-38(32)65-50(63)34-26-54-36-14-8-12-28(2)40(34)36/h7-8,11-14,25-26,29-32,37-38,41-44,53-54H,9-10,15-24H2,1-6H3,(H,51,58)(H,52,59)(H,55,60,61). The molecule has 15 nitrogen and oxygen atoms in total. The molecule has 4 amide bonds. The number of esters is 2. The highest BCUT2D eigenvalue weighted by Crippen LogP contribution is 2.52. The second-order valence-electron chi connectivity index (χ2n) is 19.6. The molecule has 348 valence electrons. The summed E-state index contributed by atoms with van der Waals surface area (Å²) in [6.07, 6.45) is 6.62. The molecule has 4 aromatic rings. The van der Waals surface area contributed by atoms with E-state index in [-0.39, 0.29) is 23.7 Å². The van der Waals surface area contributed by atoms with E-state index in [0.717, 1.165) is 46.0 Å². The normalized spacial score (nSPS) is 27.0. The SMILES string of the molecule is Cc1cccc2[nH]cc(C(=O)OC3CC4CCC3C(C(=O)NC(=O)C3C5CCC(CC5OC(=O)c5c[nH]c6cccc(C)c56)C3C(=O)NCCCN(C)C)C4C(=O)NCCCN(C)C)c12. The third kappa shape index (κ3) is 9.45. The number of hydrogen-bond acceptors (Lipinski definition) is 10. The zero-order valence-corrected chi connectivity index (χ0v) is 38.5. The Kier molecular flexibility index (Phi) is 13.8. The number of benzene rings is 2. The van der Waals surface area contributed by atoms with Crippen LogP contribution in [0.1, 0.15) is 83.2 Å². The van der Waals surface area contributed by atoms with E-state index in [2.05, 4.69) is 25.9 Å². The van der Waals surface area contributed by atoms with Gasteiger partial charge in [-0.3, -0.25) is 24.5 Å². The summed E-state index contributed by atoms with van der Waals surface area (Å²) in [7, 11) is 7.86. The summed E-state index contributed by atoms with van der Waals surface area (Å²) in [5.74, 6) is -7.82. The summed E-state index contributed by atoms with van der Waals surface area (Å²) in [4.78, 5) is 96.5. The lowest BCUT2D eigenvalue weighted by atomic mass is 9.56. The molecular weight excluding hydrogens is 827 g/mol. The van der Waals surface area contributed by atoms with Gasteiger partial charge in [0.15, 0.2) is 0 Å². The van der Waals surface area contributed by atoms with Crippen molar-refractivity contribution in [1.82, 2.24) is 35.7 Å². The van der Waals surface area contributed by atoms with Crippen molar-refractivity contribution in [3.05, 3.63) is 71.0 Å². The first-order chi connectivity index (χ1) is 31.2. The predicted octanol–water partition coefficient (Wildman–Crippen LogP) is 5.12. The number of imide groups is 1. The summed E-state index contributed by atoms with van der Waals surface area (Å²) >= 11 is 0. The van der Waals surface area contributed by atoms with E-state index < -0.39 is 71.5 Å². The molecule has 65 heavy (non-hydrogen) atoms. The highest BCUT2D eigenvalue weighted by atomic mass is 16.5. The second-order valence-corrected chi connectivity index (χ2v) is 19.6. The molecule has 6 fully saturated rings. The van der Waals surface area contributed by atoms with Crippen molar-refractivity contribution in [2.24, 2.45) is 47.3 Å². The van der Waals surface area contributed by atoms with Gasteiger partial charge in [0.2, 0.25) is 23.6 Å². The summed E-state index contributed by atoms with van der Waals surface area (Å²) in [6, 6.07) is 11.5. The fourth-order valence-corrected chi connectivity index (χ4v) is 11.9. The number of carbonyl (C=O) groups excluding carboxylic acids is 6. The van der Waals surface area contributed by atoms with Crippen molar-refractivity contribution in [3.8, 4) is 0 Å². The minimum Gasteiger partial charge on any atom is -0.458 e. The van der Waals surface area contributed by atoms with Gasteiger partial charge in [0.1, 0.15) is 12.2 Å². The van der Waals surface area contributed by atoms with Gasteiger partial charge in [0.25, 0.3) is 0 Å². The molecule has 6 aliphatic carbocycles. The molecule has 10 unspecified atom stereocenters. The minimum absolute atomic E-state index is 0.255. The Labute approximate surface area is 380 Å². The van der Waals surface area contributed by atoms with Crippen LogP contribution >= 0.6 is 0 Å². The number of rotatable bonds is 16. The first kappa shape index (κ1) is 46.0. The Hall–Kier alpha value is -5.54. The summed E-state index contributed by atoms with van der Waals surface area (Å²) < 4.78 is 12.6. The Balaban J connectivity index is 1.06. The number of nitrogens with one attached hydrogen (secondary N) is 5. The van der Waals surface area contributed by atoms with Crippen LogP contribution in [0.4, 0.5) is 0 Å². The van der Waals surface area contributed by atoms with Gasteiger partial charge >= 0.3 is 11.9 Å². The lowest BCUT2D eigenvalue weighted by Crippen LogP contribution is -2.61. The van der Waals surface area contributed by atoms with Crippen LogP contribution in [-0.2, 0) is 28.7 Å². The van der Waals surface area contributed by atoms with Crippen LogP contribution < -0.4 is 16.0 Å². The van der Waals surface area contributed by atoms with E-state index in [9.17, 15) is 28.8 Å². The predicted molar refractivity (Wildman–Crippen MR) is 246 cm³/mol. The number of aromatic amines is 2. The molecule has 2 heterocycles. The zero-order chi connectivity index (χ0) is 46.1. The molecule has 6 saturated carbocycles. The van der Waals surface area contributed by atoms with Crippen molar-refractivity contribution in [3.63, 3.8) is 0 Å². The highest BCUT2D eigenvalue weighted by molar-refractivity contribution is 6.07. The molecule has 15 heteroatoms. The molecular formula is C50H65N7O8. The van der Waals surface area contributed by atoms with E-state index in [1.54, 1.807) is 12.4 Å². The van der Waals surface area contributed by atoms with E-state index >= 15 is 0 Å². The van der Waals surface area contributed by atoms with Crippen LogP contribution in [-0.4, -0.2) is 122 Å². The van der Waals surface area contributed by atoms with Crippen molar-refractivity contribution in [1.29, 1.82) is 0 Å². The van der Waals surface area contributed by atoms with Crippen molar-refractivity contribution >= 4 is 57.4 Å². The molecule has 0 aliphatic heterocycles. The lowest BCUT2D eigenvalue weighted by molar-refractivity contribution is -0.162. The number of ether oxygens (including phenoxy) is 2. The van der Waals surface area contributed by atoms with E-state index in [1.165, 1.54) is 0 Å². The van der Waals surface area contributed by atoms with E-state index in [1.807, 2.05) is 88.2 Å². The number of aromatic nitrogens is 2. The van der Waals surface area contributed by atoms with Gasteiger partial charge < -0.3 is 39.9 Å². The maximum atomic E-state index is 14.9. The van der Waals surface area contributed by atoms with Gasteiger partial charge in [-0.2, -0.15) is 0 Å². The number of aryl methyl sites for hydroxylation is 2. The molecule has 2 aromatic carbocycles. The van der Waals surface area contributed by atoms with Gasteiger partial charge in [-0.15, -0.1) is 0 Å². The van der Waals surface area contributed by atoms with Crippen molar-refractivity contribution < 1.29 is 38.2 Å². The Morgan fingerprint density at radius 2 is 1.00 bits per heavy atom. The number of hydrogen-bond donors (Lipinski definition) is 5. The number of nitrogens with zero attached hydrogens (tertiary/aromatic N) is 2. The summed E-state index contributed by atoms with van der Waals surface area (Å²) in [5, 5.41) is 10.4. The third-order valence-electron chi connectivity index (χ3n) is 14.9. The number of H-pyrrole nitrogens is 2. The van der Waals surface area contributed by atoms with Crippen LogP contribution in [0.5, 0.6) is 0 Å². The van der Waals surface area contributed by atoms with Crippen LogP contribution in [0.15, 0.2) is 48.8 Å². The smallest absolute Gasteiger partial charge is 0.340 e. The summed E-state index contributed by atoms with van der Waals surface area (Å²) in [6.45, 7) is 6.25. The Bertz CT molecular complexity index is 2270. The molecule has 0 radical (unpaired) electrons. The van der Waals surface area contributed by atoms with E-state index in [0.29, 0.717) is 75.6 Å². The molecule has 5 N–H and O–H groups in total. The topological polar surface area (TPSA) is 195 Å². The third-order valence-corrected chi connectivity index (χ3v) is 14.9. The minimum atomic E-state index is -0.972. The van der Waals surface area contributed by atoms with E-state index in [4.69, 9.17) is 9.47 Å². The maximum Gasteiger partial charge on any atom is 0.340 e. The van der Waals surface area contributed by atoms with Crippen LogP contribution in [0.25, 0.3) is 21.8 Å². The average Bonchev–Trinajstić information content (AvgIpc) is 3.93. The van der Waals surface area contributed by atoms with Gasteiger partial charge in [0, 0.05) is 59.1 Å². The Morgan fingerprint density at radius 1 is 0.585 bits per heavy atom. The Morgan fingerprint density at radius 3 is 1.40 bits per heavy atom. The van der Waals surface area contributed by atoms with Gasteiger partial charge in [-0.1, -0.05) is 24.3 Å². The quantitative estimate of drug-likeness (QED) is 0.0573.